The molecule has 0 fully saturated rings. The zero-order valence-electron chi connectivity index (χ0n) is 26.1. The summed E-state index contributed by atoms with van der Waals surface area (Å²) in [7, 11) is 0. The van der Waals surface area contributed by atoms with Crippen LogP contribution >= 0.6 is 0 Å². The number of benzene rings is 1. The molecule has 0 saturated heterocycles. The molecule has 0 bridgehead atoms. The molecule has 1 aliphatic rings. The fourth-order valence-electron chi connectivity index (χ4n) is 6.17. The van der Waals surface area contributed by atoms with Crippen LogP contribution in [-0.4, -0.2) is 11.2 Å². The minimum atomic E-state index is -0.162. The van der Waals surface area contributed by atoms with E-state index in [-0.39, 0.29) is 6.10 Å². The Kier molecular flexibility index (Phi) is 18.1. The number of hydrogen-bond acceptors (Lipinski definition) is 1. The standard InChI is InChI=1S/C39H58O/c1-5-21-34(26-15-10-13-24-33(4)35-27-17-11-18-28-35)25-14-8-9-16-29-36(22-6-2)39(32-38(40)23-7-3)37-30-19-12-20-31-37/h5,8,10-12,14-15,17-21,25,27-28,30,33,36-40H,6-7,9,13,16,22-24,26,29,31-32H2,1-4H3/b14-8+,15-10-,21-5-,34-25+. The van der Waals surface area contributed by atoms with Crippen LogP contribution in [0.25, 0.3) is 0 Å². The summed E-state index contributed by atoms with van der Waals surface area (Å²) in [6.45, 7) is 8.91. The molecule has 0 aromatic heterocycles. The molecule has 40 heavy (non-hydrogen) atoms. The Balaban J connectivity index is 1.83. The number of rotatable bonds is 20. The topological polar surface area (TPSA) is 20.2 Å². The van der Waals surface area contributed by atoms with Crippen molar-refractivity contribution in [1.82, 2.24) is 0 Å². The average Bonchev–Trinajstić information content (AvgIpc) is 2.97. The zero-order valence-corrected chi connectivity index (χ0v) is 26.1. The second kappa shape index (κ2) is 21.4. The van der Waals surface area contributed by atoms with Crippen LogP contribution in [0.1, 0.15) is 116 Å². The van der Waals surface area contributed by atoms with Gasteiger partial charge in [0.15, 0.2) is 0 Å². The van der Waals surface area contributed by atoms with Crippen molar-refractivity contribution >= 4 is 0 Å². The molecule has 220 valence electrons. The maximum atomic E-state index is 10.7. The van der Waals surface area contributed by atoms with Crippen molar-refractivity contribution in [2.75, 3.05) is 0 Å². The van der Waals surface area contributed by atoms with Crippen molar-refractivity contribution in [2.24, 2.45) is 17.8 Å². The summed E-state index contributed by atoms with van der Waals surface area (Å²) < 4.78 is 0. The van der Waals surface area contributed by atoms with Crippen LogP contribution in [0.5, 0.6) is 0 Å². The van der Waals surface area contributed by atoms with Gasteiger partial charge >= 0.3 is 0 Å². The highest BCUT2D eigenvalue weighted by Gasteiger charge is 2.29. The van der Waals surface area contributed by atoms with E-state index in [1.807, 2.05) is 0 Å². The van der Waals surface area contributed by atoms with E-state index in [1.54, 1.807) is 0 Å². The Hall–Kier alpha value is -2.38. The van der Waals surface area contributed by atoms with Gasteiger partial charge in [0.2, 0.25) is 0 Å². The molecule has 0 saturated carbocycles. The lowest BCUT2D eigenvalue weighted by Gasteiger charge is -2.34. The van der Waals surface area contributed by atoms with Gasteiger partial charge in [-0.05, 0) is 99.5 Å². The molecule has 2 rings (SSSR count). The normalized spacial score (nSPS) is 19.1. The quantitative estimate of drug-likeness (QED) is 0.0986. The largest absolute Gasteiger partial charge is 0.393 e. The third-order valence-electron chi connectivity index (χ3n) is 8.42. The van der Waals surface area contributed by atoms with E-state index in [2.05, 4.69) is 125 Å². The van der Waals surface area contributed by atoms with Crippen LogP contribution in [0.4, 0.5) is 0 Å². The van der Waals surface area contributed by atoms with Crippen LogP contribution in [0.2, 0.25) is 0 Å². The Morgan fingerprint density at radius 2 is 1.75 bits per heavy atom. The van der Waals surface area contributed by atoms with Crippen molar-refractivity contribution < 1.29 is 5.11 Å². The third-order valence-corrected chi connectivity index (χ3v) is 8.42. The summed E-state index contributed by atoms with van der Waals surface area (Å²) in [6, 6.07) is 10.8. The summed E-state index contributed by atoms with van der Waals surface area (Å²) >= 11 is 0. The predicted octanol–water partition coefficient (Wildman–Crippen LogP) is 11.5. The molecule has 5 unspecified atom stereocenters. The van der Waals surface area contributed by atoms with Gasteiger partial charge in [0, 0.05) is 0 Å². The molecule has 0 spiro atoms. The summed E-state index contributed by atoms with van der Waals surface area (Å²) in [5.41, 5.74) is 2.79. The maximum Gasteiger partial charge on any atom is 0.0543 e. The summed E-state index contributed by atoms with van der Waals surface area (Å²) in [6.07, 6.45) is 38.3. The average molecular weight is 543 g/mol. The van der Waals surface area contributed by atoms with E-state index in [0.29, 0.717) is 23.7 Å². The Labute approximate surface area is 247 Å². The van der Waals surface area contributed by atoms with Crippen LogP contribution in [-0.2, 0) is 0 Å². The molecule has 1 aliphatic carbocycles. The number of allylic oxidation sites excluding steroid dienone is 12. The second-order valence-electron chi connectivity index (χ2n) is 11.8. The second-order valence-corrected chi connectivity index (χ2v) is 11.8. The lowest BCUT2D eigenvalue weighted by Crippen LogP contribution is -2.27. The van der Waals surface area contributed by atoms with Crippen LogP contribution in [0.3, 0.4) is 0 Å². The fraction of sp³-hybridized carbons (Fsp3) is 0.538. The molecule has 1 aromatic rings. The van der Waals surface area contributed by atoms with Crippen LogP contribution in [0.15, 0.2) is 103 Å². The molecular weight excluding hydrogens is 484 g/mol. The molecule has 1 N–H and O–H groups in total. The molecule has 1 aromatic carbocycles. The smallest absolute Gasteiger partial charge is 0.0543 e. The van der Waals surface area contributed by atoms with Crippen molar-refractivity contribution in [1.29, 1.82) is 0 Å². The summed E-state index contributed by atoms with van der Waals surface area (Å²) in [5, 5.41) is 10.7. The molecular formula is C39H58O. The number of aliphatic hydroxyl groups excluding tert-OH is 1. The third kappa shape index (κ3) is 13.8. The lowest BCUT2D eigenvalue weighted by atomic mass is 9.72. The number of unbranched alkanes of at least 4 members (excludes halogenated alkanes) is 1. The number of aliphatic hydroxyl groups is 1. The Morgan fingerprint density at radius 3 is 2.45 bits per heavy atom. The summed E-state index contributed by atoms with van der Waals surface area (Å²) in [5.74, 6) is 2.44. The first kappa shape index (κ1) is 33.8. The molecule has 0 radical (unpaired) electrons. The van der Waals surface area contributed by atoms with Gasteiger partial charge in [0.1, 0.15) is 0 Å². The fourth-order valence-corrected chi connectivity index (χ4v) is 6.17. The van der Waals surface area contributed by atoms with Crippen LogP contribution in [0, 0.1) is 17.8 Å². The molecule has 1 nitrogen and oxygen atoms in total. The number of hydrogen-bond donors (Lipinski definition) is 1. The van der Waals surface area contributed by atoms with Crippen molar-refractivity contribution in [3.8, 4) is 0 Å². The minimum absolute atomic E-state index is 0.162. The molecule has 0 amide bonds. The minimum Gasteiger partial charge on any atom is -0.393 e. The van der Waals surface area contributed by atoms with Gasteiger partial charge in [-0.1, -0.05) is 137 Å². The van der Waals surface area contributed by atoms with Gasteiger partial charge in [-0.15, -0.1) is 0 Å². The van der Waals surface area contributed by atoms with E-state index < -0.39 is 0 Å². The van der Waals surface area contributed by atoms with Crippen molar-refractivity contribution in [3.05, 3.63) is 108 Å². The molecule has 0 heterocycles. The lowest BCUT2D eigenvalue weighted by molar-refractivity contribution is 0.0922. The van der Waals surface area contributed by atoms with E-state index in [9.17, 15) is 5.11 Å². The molecule has 1 heteroatoms. The summed E-state index contributed by atoms with van der Waals surface area (Å²) in [4.78, 5) is 0. The Morgan fingerprint density at radius 1 is 0.950 bits per heavy atom. The van der Waals surface area contributed by atoms with Gasteiger partial charge in [0.05, 0.1) is 6.10 Å². The Bertz CT molecular complexity index is 944. The van der Waals surface area contributed by atoms with Gasteiger partial charge in [0.25, 0.3) is 0 Å². The van der Waals surface area contributed by atoms with Crippen molar-refractivity contribution in [2.45, 2.75) is 117 Å². The van der Waals surface area contributed by atoms with Crippen LogP contribution < -0.4 is 0 Å². The van der Waals surface area contributed by atoms with Gasteiger partial charge in [-0.3, -0.25) is 0 Å². The van der Waals surface area contributed by atoms with Gasteiger partial charge < -0.3 is 5.11 Å². The highest BCUT2D eigenvalue weighted by molar-refractivity contribution is 5.26. The maximum absolute atomic E-state index is 10.7. The van der Waals surface area contributed by atoms with E-state index in [1.165, 1.54) is 43.2 Å². The highest BCUT2D eigenvalue weighted by Crippen LogP contribution is 2.37. The zero-order chi connectivity index (χ0) is 28.8. The SMILES string of the molecule is C\C=C/C(=C\C=C\CCCC(CCC)C(CC(O)CCC)C1C=CC=CC1)C/C=C\CCC(C)c1ccccc1. The van der Waals surface area contributed by atoms with E-state index in [4.69, 9.17) is 0 Å². The van der Waals surface area contributed by atoms with Crippen molar-refractivity contribution in [3.63, 3.8) is 0 Å². The first-order valence-corrected chi connectivity index (χ1v) is 16.3. The van der Waals surface area contributed by atoms with E-state index in [0.717, 1.165) is 44.9 Å². The first-order valence-electron chi connectivity index (χ1n) is 16.3. The highest BCUT2D eigenvalue weighted by atomic mass is 16.3. The van der Waals surface area contributed by atoms with Gasteiger partial charge in [-0.25, -0.2) is 0 Å². The monoisotopic (exact) mass is 542 g/mol. The molecule has 0 aliphatic heterocycles. The molecule has 5 atom stereocenters. The first-order chi connectivity index (χ1) is 19.6. The van der Waals surface area contributed by atoms with Gasteiger partial charge in [-0.2, -0.15) is 0 Å². The predicted molar refractivity (Wildman–Crippen MR) is 178 cm³/mol. The van der Waals surface area contributed by atoms with E-state index >= 15 is 0 Å².